The maximum Gasteiger partial charge on any atom is 0.462 e. The molecule has 0 aromatic rings. The largest absolute Gasteiger partial charge is 0.462 e. The van der Waals surface area contributed by atoms with Gasteiger partial charge in [-0.25, -0.2) is 4.74 Å². The first-order chi connectivity index (χ1) is 8.02. The van der Waals surface area contributed by atoms with Gasteiger partial charge in [0, 0.05) is 6.42 Å². The number of halogens is 11. The monoisotopic (exact) mass is 314 g/mol. The second kappa shape index (κ2) is 4.63. The molecular weight excluding hydrogens is 309 g/mol. The summed E-state index contributed by atoms with van der Waals surface area (Å²) in [4.78, 5) is 0. The molecule has 0 bridgehead atoms. The van der Waals surface area contributed by atoms with Crippen molar-refractivity contribution in [1.29, 1.82) is 0 Å². The summed E-state index contributed by atoms with van der Waals surface area (Å²) in [6, 6.07) is 0. The van der Waals surface area contributed by atoms with E-state index in [9.17, 15) is 48.3 Å². The lowest BCUT2D eigenvalue weighted by molar-refractivity contribution is -0.496. The highest BCUT2D eigenvalue weighted by Crippen LogP contribution is 2.51. The molecule has 19 heavy (non-hydrogen) atoms. The Labute approximate surface area is 97.9 Å². The predicted molar refractivity (Wildman–Crippen MR) is 37.2 cm³/mol. The first kappa shape index (κ1) is 18.2. The van der Waals surface area contributed by atoms with Crippen LogP contribution in [0.15, 0.2) is 0 Å². The highest BCUT2D eigenvalue weighted by Gasteiger charge is 2.78. The van der Waals surface area contributed by atoms with Crippen LogP contribution in [0.3, 0.4) is 0 Å². The smallest absolute Gasteiger partial charge is 0.245 e. The first-order valence-electron chi connectivity index (χ1n) is 4.30. The zero-order valence-electron chi connectivity index (χ0n) is 8.77. The third-order valence-corrected chi connectivity index (χ3v) is 1.85. The lowest BCUT2D eigenvalue weighted by atomic mass is 10.2. The Morgan fingerprint density at radius 3 is 1.32 bits per heavy atom. The van der Waals surface area contributed by atoms with E-state index in [2.05, 4.69) is 0 Å². The lowest BCUT2D eigenvalue weighted by Crippen LogP contribution is -2.58. The molecule has 0 aliphatic carbocycles. The van der Waals surface area contributed by atoms with Gasteiger partial charge in [-0.1, -0.05) is 6.92 Å². The number of rotatable bonds is 5. The van der Waals surface area contributed by atoms with E-state index in [1.165, 1.54) is 0 Å². The Morgan fingerprint density at radius 1 is 0.684 bits per heavy atom. The van der Waals surface area contributed by atoms with Crippen LogP contribution in [0, 0.1) is 0 Å². The van der Waals surface area contributed by atoms with Crippen molar-refractivity contribution in [3.05, 3.63) is 0 Å². The van der Waals surface area contributed by atoms with Crippen molar-refractivity contribution in [2.24, 2.45) is 0 Å². The maximum absolute atomic E-state index is 12.5. The minimum Gasteiger partial charge on any atom is -0.245 e. The van der Waals surface area contributed by atoms with Gasteiger partial charge >= 0.3 is 30.2 Å². The zero-order chi connectivity index (χ0) is 15.9. The molecule has 0 aliphatic heterocycles. The molecule has 0 radical (unpaired) electrons. The molecule has 0 atom stereocenters. The van der Waals surface area contributed by atoms with Crippen LogP contribution in [0.5, 0.6) is 0 Å². The van der Waals surface area contributed by atoms with Gasteiger partial charge in [-0.2, -0.15) is 48.3 Å². The topological polar surface area (TPSA) is 9.23 Å². The molecule has 0 fully saturated rings. The number of hydrogen-bond acceptors (Lipinski definition) is 1. The van der Waals surface area contributed by atoms with E-state index in [0.29, 0.717) is 6.92 Å². The molecule has 0 saturated carbocycles. The van der Waals surface area contributed by atoms with Crippen molar-refractivity contribution in [1.82, 2.24) is 0 Å². The van der Waals surface area contributed by atoms with Gasteiger partial charge < -0.3 is 0 Å². The van der Waals surface area contributed by atoms with Crippen molar-refractivity contribution in [3.8, 4) is 0 Å². The molecular formula is C7H5F11O. The summed E-state index contributed by atoms with van der Waals surface area (Å²) in [5.74, 6) is -12.4. The van der Waals surface area contributed by atoms with E-state index in [1.807, 2.05) is 0 Å². The summed E-state index contributed by atoms with van der Waals surface area (Å²) in [6.07, 6.45) is -21.9. The molecule has 0 spiro atoms. The fourth-order valence-electron chi connectivity index (χ4n) is 0.671. The van der Waals surface area contributed by atoms with Crippen LogP contribution < -0.4 is 0 Å². The number of hydrogen-bond donors (Lipinski definition) is 0. The molecule has 0 aliphatic rings. The maximum atomic E-state index is 12.5. The Kier molecular flexibility index (Phi) is 4.43. The summed E-state index contributed by atoms with van der Waals surface area (Å²) in [5.41, 5.74) is 0. The van der Waals surface area contributed by atoms with Gasteiger partial charge in [0.25, 0.3) is 0 Å². The van der Waals surface area contributed by atoms with E-state index >= 15 is 0 Å². The molecule has 0 rings (SSSR count). The number of alkyl halides is 11. The molecule has 0 N–H and O–H groups in total. The van der Waals surface area contributed by atoms with Crippen LogP contribution >= 0.6 is 0 Å². The van der Waals surface area contributed by atoms with Crippen molar-refractivity contribution in [2.75, 3.05) is 0 Å². The van der Waals surface area contributed by atoms with Crippen LogP contribution in [0.4, 0.5) is 48.3 Å². The van der Waals surface area contributed by atoms with Gasteiger partial charge in [0.2, 0.25) is 0 Å². The average Bonchev–Trinajstić information content (AvgIpc) is 2.13. The van der Waals surface area contributed by atoms with Crippen LogP contribution in [-0.4, -0.2) is 30.2 Å². The third kappa shape index (κ3) is 3.20. The van der Waals surface area contributed by atoms with Crippen LogP contribution in [-0.2, 0) is 4.74 Å². The SMILES string of the molecule is CCC(F)(F)C(F)(F)OC(F)(F)C(F)(F)C(F)(F)F. The van der Waals surface area contributed by atoms with Gasteiger partial charge in [0.05, 0.1) is 0 Å². The van der Waals surface area contributed by atoms with E-state index in [-0.39, 0.29) is 0 Å². The van der Waals surface area contributed by atoms with Crippen molar-refractivity contribution in [3.63, 3.8) is 0 Å². The quantitative estimate of drug-likeness (QED) is 0.682. The van der Waals surface area contributed by atoms with Crippen molar-refractivity contribution >= 4 is 0 Å². The number of ether oxygens (including phenoxy) is 1. The highest BCUT2D eigenvalue weighted by molar-refractivity contribution is 4.87. The van der Waals surface area contributed by atoms with Gasteiger partial charge in [-0.15, -0.1) is 0 Å². The third-order valence-electron chi connectivity index (χ3n) is 1.85. The molecule has 116 valence electrons. The second-order valence-corrected chi connectivity index (χ2v) is 3.27. The van der Waals surface area contributed by atoms with Gasteiger partial charge in [0.15, 0.2) is 0 Å². The minimum absolute atomic E-state index is 0.358. The fraction of sp³-hybridized carbons (Fsp3) is 1.00. The van der Waals surface area contributed by atoms with E-state index in [0.717, 1.165) is 0 Å². The molecule has 1 nitrogen and oxygen atoms in total. The van der Waals surface area contributed by atoms with Gasteiger partial charge in [-0.05, 0) is 0 Å². The summed E-state index contributed by atoms with van der Waals surface area (Å²) < 4.78 is 135. The highest BCUT2D eigenvalue weighted by atomic mass is 19.4. The molecule has 0 saturated heterocycles. The summed E-state index contributed by atoms with van der Waals surface area (Å²) in [5, 5.41) is 0. The normalized spacial score (nSPS) is 15.8. The molecule has 0 aromatic heterocycles. The van der Waals surface area contributed by atoms with Crippen LogP contribution in [0.2, 0.25) is 0 Å². The van der Waals surface area contributed by atoms with Gasteiger partial charge in [-0.3, -0.25) is 0 Å². The molecule has 0 amide bonds. The average molecular weight is 314 g/mol. The summed E-state index contributed by atoms with van der Waals surface area (Å²) >= 11 is 0. The predicted octanol–water partition coefficient (Wildman–Crippen LogP) is 4.43. The molecule has 0 unspecified atom stereocenters. The van der Waals surface area contributed by atoms with Crippen molar-refractivity contribution < 1.29 is 53.0 Å². The molecule has 0 aromatic carbocycles. The van der Waals surface area contributed by atoms with Gasteiger partial charge in [0.1, 0.15) is 0 Å². The summed E-state index contributed by atoms with van der Waals surface area (Å²) in [7, 11) is 0. The molecule has 0 heterocycles. The zero-order valence-corrected chi connectivity index (χ0v) is 8.77. The minimum atomic E-state index is -7.06. The van der Waals surface area contributed by atoms with E-state index < -0.39 is 36.7 Å². The Morgan fingerprint density at radius 2 is 1.05 bits per heavy atom. The lowest BCUT2D eigenvalue weighted by Gasteiger charge is -2.33. The fourth-order valence-corrected chi connectivity index (χ4v) is 0.671. The first-order valence-corrected chi connectivity index (χ1v) is 4.30. The molecule has 12 heteroatoms. The summed E-state index contributed by atoms with van der Waals surface area (Å²) in [6.45, 7) is 0.358. The van der Waals surface area contributed by atoms with E-state index in [4.69, 9.17) is 0 Å². The Balaban J connectivity index is 5.39. The second-order valence-electron chi connectivity index (χ2n) is 3.27. The van der Waals surface area contributed by atoms with Crippen molar-refractivity contribution in [2.45, 2.75) is 43.6 Å². The Bertz CT molecular complexity index is 317. The Hall–Kier alpha value is -0.810. The standard InChI is InChI=1S/C7H5F11O/c1-2-3(8,9)6(15,16)19-7(17,18)4(10,11)5(12,13)14/h2H2,1H3. The van der Waals surface area contributed by atoms with Crippen LogP contribution in [0.25, 0.3) is 0 Å². The van der Waals surface area contributed by atoms with E-state index in [1.54, 1.807) is 4.74 Å². The van der Waals surface area contributed by atoms with Crippen LogP contribution in [0.1, 0.15) is 13.3 Å².